The highest BCUT2D eigenvalue weighted by Gasteiger charge is 2.24. The molecule has 0 bridgehead atoms. The Labute approximate surface area is 176 Å². The molecule has 1 aliphatic carbocycles. The monoisotopic (exact) mass is 416 g/mol. The number of rotatable bonds is 6. The van der Waals surface area contributed by atoms with Crippen molar-refractivity contribution >= 4 is 23.6 Å². The van der Waals surface area contributed by atoms with Crippen LogP contribution in [0.4, 0.5) is 0 Å². The highest BCUT2D eigenvalue weighted by Crippen LogP contribution is 2.40. The van der Waals surface area contributed by atoms with Gasteiger partial charge in [0.15, 0.2) is 0 Å². The third kappa shape index (κ3) is 3.59. The van der Waals surface area contributed by atoms with Crippen molar-refractivity contribution in [1.29, 1.82) is 0 Å². The lowest BCUT2D eigenvalue weighted by atomic mass is 10.1. The van der Waals surface area contributed by atoms with Gasteiger partial charge in [-0.1, -0.05) is 12.1 Å². The molecule has 0 fully saturated rings. The van der Waals surface area contributed by atoms with Crippen molar-refractivity contribution in [1.82, 2.24) is 10.6 Å². The number of imide groups is 2. The quantitative estimate of drug-likeness (QED) is 0.584. The molecule has 3 aliphatic rings. The summed E-state index contributed by atoms with van der Waals surface area (Å²) in [5.74, 6) is -0.507. The summed E-state index contributed by atoms with van der Waals surface area (Å²) in [4.78, 5) is 45.7. The summed E-state index contributed by atoms with van der Waals surface area (Å²) < 4.78 is 11.4. The number of carbonyl (C=O) groups excluding carboxylic acids is 4. The molecule has 8 nitrogen and oxygen atoms in total. The van der Waals surface area contributed by atoms with E-state index in [0.717, 1.165) is 28.7 Å². The van der Waals surface area contributed by atoms with Gasteiger partial charge >= 0.3 is 0 Å². The summed E-state index contributed by atoms with van der Waals surface area (Å²) >= 11 is 0. The molecule has 2 aromatic rings. The molecule has 31 heavy (non-hydrogen) atoms. The molecule has 0 radical (unpaired) electrons. The van der Waals surface area contributed by atoms with Crippen molar-refractivity contribution in [3.05, 3.63) is 70.8 Å². The van der Waals surface area contributed by atoms with Gasteiger partial charge in [-0.2, -0.15) is 0 Å². The minimum Gasteiger partial charge on any atom is -0.489 e. The first-order valence-corrected chi connectivity index (χ1v) is 9.60. The third-order valence-electron chi connectivity index (χ3n) is 5.29. The van der Waals surface area contributed by atoms with Gasteiger partial charge in [0.05, 0.1) is 11.1 Å². The van der Waals surface area contributed by atoms with E-state index in [4.69, 9.17) is 9.47 Å². The van der Waals surface area contributed by atoms with Gasteiger partial charge in [0.2, 0.25) is 0 Å². The second kappa shape index (κ2) is 7.24. The fourth-order valence-corrected chi connectivity index (χ4v) is 3.76. The zero-order valence-corrected chi connectivity index (χ0v) is 16.2. The van der Waals surface area contributed by atoms with Crippen LogP contribution in [-0.2, 0) is 25.6 Å². The van der Waals surface area contributed by atoms with Gasteiger partial charge in [0.25, 0.3) is 23.6 Å². The molecule has 0 unspecified atom stereocenters. The van der Waals surface area contributed by atoms with Crippen molar-refractivity contribution in [2.75, 3.05) is 13.2 Å². The second-order valence-corrected chi connectivity index (χ2v) is 7.37. The topological polar surface area (TPSA) is 111 Å². The number of hydrogen-bond donors (Lipinski definition) is 2. The van der Waals surface area contributed by atoms with Crippen LogP contribution in [0.5, 0.6) is 11.5 Å². The van der Waals surface area contributed by atoms with Crippen LogP contribution < -0.4 is 20.1 Å². The summed E-state index contributed by atoms with van der Waals surface area (Å²) in [6, 6.07) is 11.4. The van der Waals surface area contributed by atoms with E-state index in [0.29, 0.717) is 22.6 Å². The number of carbonyl (C=O) groups is 4. The van der Waals surface area contributed by atoms with Crippen molar-refractivity contribution in [2.45, 2.75) is 6.42 Å². The van der Waals surface area contributed by atoms with Gasteiger partial charge in [-0.05, 0) is 52.9 Å². The van der Waals surface area contributed by atoms with E-state index in [9.17, 15) is 19.2 Å². The van der Waals surface area contributed by atoms with Crippen LogP contribution in [0.15, 0.2) is 59.7 Å². The smallest absolute Gasteiger partial charge is 0.257 e. The van der Waals surface area contributed by atoms with Crippen molar-refractivity contribution in [3.63, 3.8) is 0 Å². The number of amides is 4. The van der Waals surface area contributed by atoms with Gasteiger partial charge in [-0.3, -0.25) is 29.8 Å². The fourth-order valence-electron chi connectivity index (χ4n) is 3.76. The standard InChI is InChI=1S/C23H16N2O6/c26-20-7-14(22(28)24-20)10-30-16-3-4-18-13(6-16)5-12-1-2-17(9-19(12)18)31-11-15-8-21(27)25-23(15)29/h1-4,6-9H,5,10-11H2,(H,24,26,28)(H,25,27,29). The normalized spacial score (nSPS) is 16.4. The number of benzene rings is 2. The number of ether oxygens (including phenoxy) is 2. The molecule has 0 aromatic heterocycles. The Bertz CT molecular complexity index is 1240. The maximum Gasteiger partial charge on any atom is 0.257 e. The molecule has 0 saturated carbocycles. The Morgan fingerprint density at radius 1 is 0.677 bits per heavy atom. The number of fused-ring (bicyclic) bond motifs is 3. The molecule has 8 heteroatoms. The minimum absolute atomic E-state index is 0.0158. The van der Waals surface area contributed by atoms with Crippen LogP contribution in [0, 0.1) is 0 Å². The Morgan fingerprint density at radius 2 is 1.26 bits per heavy atom. The van der Waals surface area contributed by atoms with Gasteiger partial charge < -0.3 is 9.47 Å². The molecule has 2 aliphatic heterocycles. The summed E-state index contributed by atoms with van der Waals surface area (Å²) in [5, 5.41) is 4.38. The first-order valence-electron chi connectivity index (χ1n) is 9.60. The van der Waals surface area contributed by atoms with Crippen molar-refractivity contribution in [3.8, 4) is 22.6 Å². The largest absolute Gasteiger partial charge is 0.489 e. The Morgan fingerprint density at radius 3 is 1.84 bits per heavy atom. The molecule has 0 saturated heterocycles. The SMILES string of the molecule is O=C1C=C(COc2ccc3c(c2)Cc2ccc(OCC4=CC(=O)NC4=O)cc2-3)C(=O)N1. The van der Waals surface area contributed by atoms with Crippen LogP contribution in [0.25, 0.3) is 11.1 Å². The van der Waals surface area contributed by atoms with Crippen LogP contribution in [0.3, 0.4) is 0 Å². The molecule has 0 spiro atoms. The second-order valence-electron chi connectivity index (χ2n) is 7.37. The average Bonchev–Trinajstić information content (AvgIpc) is 3.37. The third-order valence-corrected chi connectivity index (χ3v) is 5.29. The Hall–Kier alpha value is -4.20. The first kappa shape index (κ1) is 18.8. The van der Waals surface area contributed by atoms with E-state index in [-0.39, 0.29) is 13.2 Å². The summed E-state index contributed by atoms with van der Waals surface area (Å²) in [6.07, 6.45) is 3.22. The molecule has 4 amide bonds. The van der Waals surface area contributed by atoms with Crippen LogP contribution in [0.2, 0.25) is 0 Å². The van der Waals surface area contributed by atoms with E-state index in [2.05, 4.69) is 10.6 Å². The number of hydrogen-bond acceptors (Lipinski definition) is 6. The Balaban J connectivity index is 1.29. The van der Waals surface area contributed by atoms with Gasteiger partial charge in [-0.25, -0.2) is 0 Å². The molecule has 0 atom stereocenters. The van der Waals surface area contributed by atoms with Crippen LogP contribution >= 0.6 is 0 Å². The highest BCUT2D eigenvalue weighted by atomic mass is 16.5. The fraction of sp³-hybridized carbons (Fsp3) is 0.130. The van der Waals surface area contributed by atoms with Crippen molar-refractivity contribution < 1.29 is 28.7 Å². The minimum atomic E-state index is -0.431. The lowest BCUT2D eigenvalue weighted by molar-refractivity contribution is -0.125. The lowest BCUT2D eigenvalue weighted by Gasteiger charge is -2.09. The van der Waals surface area contributed by atoms with E-state index < -0.39 is 23.6 Å². The van der Waals surface area contributed by atoms with E-state index >= 15 is 0 Å². The maximum absolute atomic E-state index is 11.6. The molecule has 2 aromatic carbocycles. The summed E-state index contributed by atoms with van der Waals surface area (Å²) in [6.45, 7) is 0.0369. The first-order chi connectivity index (χ1) is 15.0. The van der Waals surface area contributed by atoms with Crippen LogP contribution in [0.1, 0.15) is 11.1 Å². The van der Waals surface area contributed by atoms with Gasteiger partial charge in [0.1, 0.15) is 24.7 Å². The lowest BCUT2D eigenvalue weighted by Crippen LogP contribution is -2.23. The summed E-state index contributed by atoms with van der Waals surface area (Å²) in [7, 11) is 0. The van der Waals surface area contributed by atoms with Crippen molar-refractivity contribution in [2.24, 2.45) is 0 Å². The highest BCUT2D eigenvalue weighted by molar-refractivity contribution is 6.17. The average molecular weight is 416 g/mol. The van der Waals surface area contributed by atoms with E-state index in [1.165, 1.54) is 12.2 Å². The van der Waals surface area contributed by atoms with Gasteiger partial charge in [0, 0.05) is 12.2 Å². The maximum atomic E-state index is 11.6. The van der Waals surface area contributed by atoms with E-state index in [1.807, 2.05) is 36.4 Å². The zero-order valence-electron chi connectivity index (χ0n) is 16.2. The summed E-state index contributed by atoms with van der Waals surface area (Å²) in [5.41, 5.74) is 4.88. The number of nitrogens with one attached hydrogen (secondary N) is 2. The zero-order chi connectivity index (χ0) is 21.5. The van der Waals surface area contributed by atoms with Gasteiger partial charge in [-0.15, -0.1) is 0 Å². The molecule has 5 rings (SSSR count). The molecular formula is C23H16N2O6. The van der Waals surface area contributed by atoms with Crippen LogP contribution in [-0.4, -0.2) is 36.8 Å². The predicted octanol–water partition coefficient (Wildman–Crippen LogP) is 1.18. The molecule has 2 heterocycles. The Kier molecular flexibility index (Phi) is 4.39. The molecule has 154 valence electrons. The molecular weight excluding hydrogens is 400 g/mol. The predicted molar refractivity (Wildman–Crippen MR) is 108 cm³/mol. The molecule has 2 N–H and O–H groups in total. The van der Waals surface area contributed by atoms with E-state index in [1.54, 1.807) is 0 Å².